The average molecular weight is 259 g/mol. The van der Waals surface area contributed by atoms with E-state index in [4.69, 9.17) is 11.5 Å². The molecule has 0 aliphatic heterocycles. The molecule has 18 heavy (non-hydrogen) atoms. The number of esters is 1. The molecule has 0 aromatic heterocycles. The molecule has 0 heterocycles. The molecule has 0 aliphatic rings. The molecule has 0 aliphatic carbocycles. The molecule has 1 atom stereocenters. The Morgan fingerprint density at radius 2 is 1.94 bits per heavy atom. The van der Waals surface area contributed by atoms with Crippen LogP contribution < -0.4 is 21.8 Å². The van der Waals surface area contributed by atoms with E-state index in [1.807, 2.05) is 0 Å². The first kappa shape index (κ1) is 16.2. The largest absolute Gasteiger partial charge is 0.467 e. The zero-order chi connectivity index (χ0) is 14.0. The van der Waals surface area contributed by atoms with E-state index >= 15 is 0 Å². The van der Waals surface area contributed by atoms with Crippen molar-refractivity contribution in [3.05, 3.63) is 0 Å². The van der Waals surface area contributed by atoms with Gasteiger partial charge < -0.3 is 10.1 Å². The summed E-state index contributed by atoms with van der Waals surface area (Å²) in [6, 6.07) is -0.563. The molecule has 0 radical (unpaired) electrons. The van der Waals surface area contributed by atoms with Gasteiger partial charge in [-0.15, -0.1) is 0 Å². The van der Waals surface area contributed by atoms with Crippen molar-refractivity contribution in [3.63, 3.8) is 0 Å². The van der Waals surface area contributed by atoms with Crippen molar-refractivity contribution in [1.82, 2.24) is 5.32 Å². The number of carbonyl (C=O) groups excluding carboxylic acids is 2. The van der Waals surface area contributed by atoms with Crippen LogP contribution in [0, 0.1) is 0 Å². The molecule has 0 aromatic rings. The number of ether oxygens (including phenoxy) is 1. The number of hydrogen-bond acceptors (Lipinski definition) is 3. The highest BCUT2D eigenvalue weighted by molar-refractivity contribution is 5.83. The number of rotatable bonds is 8. The van der Waals surface area contributed by atoms with Crippen LogP contribution in [-0.2, 0) is 14.3 Å². The Kier molecular flexibility index (Phi) is 8.34. The third kappa shape index (κ3) is 8.37. The fraction of sp³-hybridized carbons (Fsp3) is 0.727. The van der Waals surface area contributed by atoms with Crippen molar-refractivity contribution in [1.29, 1.82) is 0 Å². The smallest absolute Gasteiger partial charge is 0.338 e. The van der Waals surface area contributed by atoms with E-state index in [0.717, 1.165) is 19.3 Å². The zero-order valence-electron chi connectivity index (χ0n) is 11.0. The molecule has 0 saturated heterocycles. The molecule has 0 bridgehead atoms. The molecule has 0 saturated carbocycles. The van der Waals surface area contributed by atoms with Gasteiger partial charge in [0.15, 0.2) is 0 Å². The minimum atomic E-state index is -0.563. The molecule has 1 unspecified atom stereocenters. The van der Waals surface area contributed by atoms with Crippen molar-refractivity contribution in [2.45, 2.75) is 38.6 Å². The number of guanidine groups is 1. The molecule has 0 aromatic carbocycles. The van der Waals surface area contributed by atoms with Crippen LogP contribution in [0.1, 0.15) is 32.6 Å². The standard InChI is InChI=1S/C11H22N4O3/c1-8(16)15-9(10(17)18-2)6-4-3-5-7-14-11(12)13/h9H,3-7H2,1-2H3,(H,15,16)(H4,12,13,14)/p+1. The Morgan fingerprint density at radius 1 is 1.28 bits per heavy atom. The highest BCUT2D eigenvalue weighted by atomic mass is 16.5. The number of hydrogen-bond donors (Lipinski definition) is 4. The number of methoxy groups -OCH3 is 1. The molecule has 0 spiro atoms. The second kappa shape index (κ2) is 9.26. The number of carbonyl (C=O) groups is 2. The van der Waals surface area contributed by atoms with Crippen LogP contribution in [0.3, 0.4) is 0 Å². The van der Waals surface area contributed by atoms with Crippen molar-refractivity contribution in [3.8, 4) is 0 Å². The first-order valence-electron chi connectivity index (χ1n) is 5.94. The van der Waals surface area contributed by atoms with E-state index in [1.54, 1.807) is 0 Å². The van der Waals surface area contributed by atoms with Crippen molar-refractivity contribution in [2.24, 2.45) is 11.5 Å². The van der Waals surface area contributed by atoms with E-state index in [2.05, 4.69) is 15.0 Å². The van der Waals surface area contributed by atoms with Gasteiger partial charge in [0, 0.05) is 6.92 Å². The van der Waals surface area contributed by atoms with Crippen molar-refractivity contribution < 1.29 is 19.3 Å². The van der Waals surface area contributed by atoms with Crippen LogP contribution in [-0.4, -0.2) is 37.5 Å². The number of nitrogens with one attached hydrogen (secondary N) is 2. The monoisotopic (exact) mass is 259 g/mol. The summed E-state index contributed by atoms with van der Waals surface area (Å²) in [5.74, 6) is -0.443. The third-order valence-electron chi connectivity index (χ3n) is 2.36. The normalized spacial score (nSPS) is 11.4. The zero-order valence-corrected chi connectivity index (χ0v) is 11.0. The number of nitrogens with two attached hydrogens (primary N) is 2. The summed E-state index contributed by atoms with van der Waals surface area (Å²) in [6.45, 7) is 2.07. The molecule has 1 amide bonds. The molecule has 6 N–H and O–H groups in total. The Morgan fingerprint density at radius 3 is 2.44 bits per heavy atom. The quantitative estimate of drug-likeness (QED) is 0.167. The van der Waals surface area contributed by atoms with Crippen LogP contribution in [0.15, 0.2) is 0 Å². The van der Waals surface area contributed by atoms with Gasteiger partial charge in [-0.3, -0.25) is 21.3 Å². The number of amides is 1. The predicted octanol–water partition coefficient (Wildman–Crippen LogP) is -2.42. The fourth-order valence-corrected chi connectivity index (χ4v) is 1.52. The van der Waals surface area contributed by atoms with E-state index in [0.29, 0.717) is 13.0 Å². The van der Waals surface area contributed by atoms with E-state index in [1.165, 1.54) is 14.0 Å². The van der Waals surface area contributed by atoms with Crippen LogP contribution >= 0.6 is 0 Å². The lowest BCUT2D eigenvalue weighted by atomic mass is 10.1. The minimum absolute atomic E-state index is 0.209. The maximum absolute atomic E-state index is 11.4. The average Bonchev–Trinajstić information content (AvgIpc) is 2.30. The van der Waals surface area contributed by atoms with E-state index < -0.39 is 12.0 Å². The summed E-state index contributed by atoms with van der Waals surface area (Å²) in [7, 11) is 1.31. The second-order valence-electron chi connectivity index (χ2n) is 4.01. The van der Waals surface area contributed by atoms with Gasteiger partial charge in [-0.25, -0.2) is 4.79 Å². The SMILES string of the molecule is COC(=O)C(CCCCC[NH+]=C(N)N)NC(C)=O. The lowest BCUT2D eigenvalue weighted by molar-refractivity contribution is -0.459. The predicted molar refractivity (Wildman–Crippen MR) is 67.3 cm³/mol. The molecule has 0 rings (SSSR count). The lowest BCUT2D eigenvalue weighted by Gasteiger charge is -2.14. The van der Waals surface area contributed by atoms with Gasteiger partial charge in [0.2, 0.25) is 5.91 Å². The van der Waals surface area contributed by atoms with Gasteiger partial charge in [0.05, 0.1) is 13.7 Å². The van der Waals surface area contributed by atoms with Gasteiger partial charge in [-0.05, 0) is 12.8 Å². The van der Waals surface area contributed by atoms with Crippen LogP contribution in [0.4, 0.5) is 0 Å². The third-order valence-corrected chi connectivity index (χ3v) is 2.36. The highest BCUT2D eigenvalue weighted by Crippen LogP contribution is 2.04. The highest BCUT2D eigenvalue weighted by Gasteiger charge is 2.19. The van der Waals surface area contributed by atoms with Crippen LogP contribution in [0.5, 0.6) is 0 Å². The van der Waals surface area contributed by atoms with Gasteiger partial charge in [-0.2, -0.15) is 0 Å². The first-order valence-corrected chi connectivity index (χ1v) is 5.94. The number of unbranched alkanes of at least 4 members (excludes halogenated alkanes) is 2. The van der Waals surface area contributed by atoms with Gasteiger partial charge in [0.25, 0.3) is 0 Å². The van der Waals surface area contributed by atoms with Gasteiger partial charge in [0.1, 0.15) is 6.04 Å². The van der Waals surface area contributed by atoms with Crippen LogP contribution in [0.25, 0.3) is 0 Å². The Bertz CT molecular complexity index is 301. The van der Waals surface area contributed by atoms with Gasteiger partial charge >= 0.3 is 11.9 Å². The van der Waals surface area contributed by atoms with Gasteiger partial charge in [-0.1, -0.05) is 12.8 Å². The van der Waals surface area contributed by atoms with E-state index in [9.17, 15) is 9.59 Å². The summed E-state index contributed by atoms with van der Waals surface area (Å²) in [4.78, 5) is 25.1. The Labute approximate surface area is 107 Å². The molecule has 7 nitrogen and oxygen atoms in total. The lowest BCUT2D eigenvalue weighted by Crippen LogP contribution is -2.78. The maximum atomic E-state index is 11.4. The van der Waals surface area contributed by atoms with Crippen molar-refractivity contribution in [2.75, 3.05) is 13.7 Å². The Balaban J connectivity index is 3.86. The molecule has 104 valence electrons. The van der Waals surface area contributed by atoms with E-state index in [-0.39, 0.29) is 11.9 Å². The van der Waals surface area contributed by atoms with Crippen molar-refractivity contribution >= 4 is 17.8 Å². The summed E-state index contributed by atoms with van der Waals surface area (Å²) in [5, 5.41) is 2.57. The molecular weight excluding hydrogens is 236 g/mol. The maximum Gasteiger partial charge on any atom is 0.338 e. The summed E-state index contributed by atoms with van der Waals surface area (Å²) in [6.07, 6.45) is 3.18. The first-order chi connectivity index (χ1) is 8.47. The Hall–Kier alpha value is -1.79. The minimum Gasteiger partial charge on any atom is -0.467 e. The molecular formula is C11H23N4O3+. The topological polar surface area (TPSA) is 121 Å². The summed E-state index contributed by atoms with van der Waals surface area (Å²) in [5.41, 5.74) is 10.5. The summed E-state index contributed by atoms with van der Waals surface area (Å²) >= 11 is 0. The van der Waals surface area contributed by atoms with Crippen LogP contribution in [0.2, 0.25) is 0 Å². The fourth-order valence-electron chi connectivity index (χ4n) is 1.52. The molecule has 0 fully saturated rings. The molecule has 7 heteroatoms. The second-order valence-corrected chi connectivity index (χ2v) is 4.01. The summed E-state index contributed by atoms with van der Waals surface area (Å²) < 4.78 is 4.62.